The first kappa shape index (κ1) is 17.3. The molecule has 1 unspecified atom stereocenters. The topological polar surface area (TPSA) is 29.5 Å². The third-order valence-corrected chi connectivity index (χ3v) is 5.62. The van der Waals surface area contributed by atoms with Crippen LogP contribution in [0.2, 0.25) is 0 Å². The second-order valence-corrected chi connectivity index (χ2v) is 7.04. The van der Waals surface area contributed by atoms with E-state index in [0.717, 1.165) is 16.0 Å². The summed E-state index contributed by atoms with van der Waals surface area (Å²) in [7, 11) is 0. The molecule has 0 aliphatic carbocycles. The molecule has 2 aromatic carbocycles. The van der Waals surface area contributed by atoms with E-state index in [4.69, 9.17) is 16.3 Å². The van der Waals surface area contributed by atoms with Gasteiger partial charge in [-0.2, -0.15) is 0 Å². The molecule has 24 heavy (non-hydrogen) atoms. The van der Waals surface area contributed by atoms with Gasteiger partial charge in [-0.3, -0.25) is 4.79 Å². The Bertz CT molecular complexity index is 704. The zero-order valence-electron chi connectivity index (χ0n) is 13.6. The predicted octanol–water partition coefficient (Wildman–Crippen LogP) is 3.75. The van der Waals surface area contributed by atoms with E-state index in [-0.39, 0.29) is 5.91 Å². The van der Waals surface area contributed by atoms with Crippen LogP contribution in [0, 0.1) is 0 Å². The van der Waals surface area contributed by atoms with Crippen LogP contribution in [0.1, 0.15) is 11.1 Å². The molecule has 5 heteroatoms. The van der Waals surface area contributed by atoms with Crippen molar-refractivity contribution in [1.82, 2.24) is 4.90 Å². The fourth-order valence-corrected chi connectivity index (χ4v) is 4.10. The molecule has 0 radical (unpaired) electrons. The summed E-state index contributed by atoms with van der Waals surface area (Å²) in [5, 5.41) is 0. The number of amides is 1. The summed E-state index contributed by atoms with van der Waals surface area (Å²) in [4.78, 5) is 15.0. The third kappa shape index (κ3) is 3.18. The third-order valence-electron chi connectivity index (χ3n) is 4.24. The number of morpholine rings is 1. The number of benzene rings is 2. The second kappa shape index (κ2) is 7.60. The van der Waals surface area contributed by atoms with Crippen molar-refractivity contribution in [3.8, 4) is 0 Å². The van der Waals surface area contributed by atoms with Crippen molar-refractivity contribution in [2.24, 2.45) is 0 Å². The molecule has 3 rings (SSSR count). The van der Waals surface area contributed by atoms with Gasteiger partial charge in [0.1, 0.15) is 0 Å². The Morgan fingerprint density at radius 3 is 2.38 bits per heavy atom. The molecule has 1 fully saturated rings. The molecule has 126 valence electrons. The van der Waals surface area contributed by atoms with Gasteiger partial charge in [0.2, 0.25) is 0 Å². The molecule has 0 saturated carbocycles. The Kier molecular flexibility index (Phi) is 5.49. The van der Waals surface area contributed by atoms with Crippen LogP contribution < -0.4 is 0 Å². The lowest BCUT2D eigenvalue weighted by Gasteiger charge is -2.36. The molecular weight excluding hydrogens is 342 g/mol. The fraction of sp³-hybridized carbons (Fsp3) is 0.316. The number of thioether (sulfide) groups is 1. The summed E-state index contributed by atoms with van der Waals surface area (Å²) in [6, 6.07) is 17.5. The molecule has 3 nitrogen and oxygen atoms in total. The minimum atomic E-state index is -1.22. The first-order chi connectivity index (χ1) is 11.7. The monoisotopic (exact) mass is 361 g/mol. The van der Waals surface area contributed by atoms with Crippen molar-refractivity contribution in [2.45, 2.75) is 9.77 Å². The SMILES string of the molecule is CSc1ccccc1C(Cl)(C(=O)N1CCOCC1)c1ccccc1. The Hall–Kier alpha value is -1.49. The minimum absolute atomic E-state index is 0.0832. The van der Waals surface area contributed by atoms with Crippen LogP contribution in [-0.2, 0) is 14.4 Å². The summed E-state index contributed by atoms with van der Waals surface area (Å²) in [6.07, 6.45) is 2.00. The van der Waals surface area contributed by atoms with E-state index in [1.165, 1.54) is 0 Å². The Labute approximate surface area is 151 Å². The van der Waals surface area contributed by atoms with E-state index in [1.807, 2.05) is 60.9 Å². The van der Waals surface area contributed by atoms with Gasteiger partial charge in [-0.1, -0.05) is 60.1 Å². The molecule has 2 aromatic rings. The Morgan fingerprint density at radius 1 is 1.08 bits per heavy atom. The molecule has 0 aromatic heterocycles. The Morgan fingerprint density at radius 2 is 1.71 bits per heavy atom. The lowest BCUT2D eigenvalue weighted by molar-refractivity contribution is -0.137. The van der Waals surface area contributed by atoms with Crippen LogP contribution in [0.25, 0.3) is 0 Å². The van der Waals surface area contributed by atoms with Crippen molar-refractivity contribution in [3.63, 3.8) is 0 Å². The summed E-state index contributed by atoms with van der Waals surface area (Å²) < 4.78 is 5.38. The smallest absolute Gasteiger partial charge is 0.253 e. The molecule has 1 atom stereocenters. The number of hydrogen-bond donors (Lipinski definition) is 0. The average molecular weight is 362 g/mol. The lowest BCUT2D eigenvalue weighted by Crippen LogP contribution is -2.49. The number of carbonyl (C=O) groups excluding carboxylic acids is 1. The number of halogens is 1. The van der Waals surface area contributed by atoms with Gasteiger partial charge < -0.3 is 9.64 Å². The first-order valence-electron chi connectivity index (χ1n) is 7.93. The van der Waals surface area contributed by atoms with Gasteiger partial charge in [0.25, 0.3) is 5.91 Å². The molecular formula is C19H20ClNO2S. The Balaban J connectivity index is 2.12. The van der Waals surface area contributed by atoms with E-state index in [0.29, 0.717) is 26.3 Å². The van der Waals surface area contributed by atoms with Gasteiger partial charge in [-0.25, -0.2) is 0 Å². The van der Waals surface area contributed by atoms with Crippen molar-refractivity contribution >= 4 is 29.3 Å². The molecule has 1 heterocycles. The summed E-state index contributed by atoms with van der Waals surface area (Å²) >= 11 is 8.71. The molecule has 0 spiro atoms. The molecule has 0 N–H and O–H groups in total. The minimum Gasteiger partial charge on any atom is -0.378 e. The number of hydrogen-bond acceptors (Lipinski definition) is 3. The molecule has 1 amide bonds. The van der Waals surface area contributed by atoms with Crippen LogP contribution in [0.3, 0.4) is 0 Å². The van der Waals surface area contributed by atoms with Crippen molar-refractivity contribution < 1.29 is 9.53 Å². The summed E-state index contributed by atoms with van der Waals surface area (Å²) in [6.45, 7) is 2.25. The molecule has 1 aliphatic heterocycles. The van der Waals surface area contributed by atoms with Crippen LogP contribution in [0.4, 0.5) is 0 Å². The molecule has 1 saturated heterocycles. The fourth-order valence-electron chi connectivity index (χ4n) is 2.98. The maximum atomic E-state index is 13.4. The van der Waals surface area contributed by atoms with Gasteiger partial charge in [-0.05, 0) is 17.9 Å². The van der Waals surface area contributed by atoms with E-state index < -0.39 is 4.87 Å². The van der Waals surface area contributed by atoms with E-state index in [1.54, 1.807) is 16.7 Å². The van der Waals surface area contributed by atoms with E-state index in [2.05, 4.69) is 0 Å². The average Bonchev–Trinajstić information content (AvgIpc) is 2.68. The second-order valence-electron chi connectivity index (χ2n) is 5.63. The summed E-state index contributed by atoms with van der Waals surface area (Å²) in [5.41, 5.74) is 1.63. The predicted molar refractivity (Wildman–Crippen MR) is 98.7 cm³/mol. The zero-order chi connectivity index (χ0) is 17.0. The molecule has 0 bridgehead atoms. The maximum absolute atomic E-state index is 13.4. The largest absolute Gasteiger partial charge is 0.378 e. The molecule has 1 aliphatic rings. The number of ether oxygens (including phenoxy) is 1. The van der Waals surface area contributed by atoms with Crippen LogP contribution in [-0.4, -0.2) is 43.4 Å². The highest BCUT2D eigenvalue weighted by Crippen LogP contribution is 2.42. The number of alkyl halides is 1. The van der Waals surface area contributed by atoms with Gasteiger partial charge in [-0.15, -0.1) is 11.8 Å². The first-order valence-corrected chi connectivity index (χ1v) is 9.53. The maximum Gasteiger partial charge on any atom is 0.253 e. The normalized spacial score (nSPS) is 17.3. The number of rotatable bonds is 4. The van der Waals surface area contributed by atoms with Crippen molar-refractivity contribution in [3.05, 3.63) is 65.7 Å². The standard InChI is InChI=1S/C19H20ClNO2S/c1-24-17-10-6-5-9-16(17)19(20,15-7-3-2-4-8-15)18(22)21-11-13-23-14-12-21/h2-10H,11-14H2,1H3. The number of carbonyl (C=O) groups is 1. The van der Waals surface area contributed by atoms with Crippen LogP contribution in [0.15, 0.2) is 59.5 Å². The van der Waals surface area contributed by atoms with Gasteiger partial charge in [0, 0.05) is 23.5 Å². The van der Waals surface area contributed by atoms with Gasteiger partial charge in [0.15, 0.2) is 4.87 Å². The quantitative estimate of drug-likeness (QED) is 0.613. The highest BCUT2D eigenvalue weighted by Gasteiger charge is 2.44. The number of nitrogens with zero attached hydrogens (tertiary/aromatic N) is 1. The highest BCUT2D eigenvalue weighted by molar-refractivity contribution is 7.98. The zero-order valence-corrected chi connectivity index (χ0v) is 15.1. The highest BCUT2D eigenvalue weighted by atomic mass is 35.5. The lowest BCUT2D eigenvalue weighted by atomic mass is 9.88. The van der Waals surface area contributed by atoms with Crippen molar-refractivity contribution in [2.75, 3.05) is 32.6 Å². The summed E-state index contributed by atoms with van der Waals surface area (Å²) in [5.74, 6) is -0.0832. The van der Waals surface area contributed by atoms with Crippen molar-refractivity contribution in [1.29, 1.82) is 0 Å². The van der Waals surface area contributed by atoms with Crippen LogP contribution in [0.5, 0.6) is 0 Å². The van der Waals surface area contributed by atoms with Crippen LogP contribution >= 0.6 is 23.4 Å². The van der Waals surface area contributed by atoms with Gasteiger partial charge in [0.05, 0.1) is 13.2 Å². The van der Waals surface area contributed by atoms with E-state index in [9.17, 15) is 4.79 Å². The van der Waals surface area contributed by atoms with E-state index >= 15 is 0 Å². The van der Waals surface area contributed by atoms with Gasteiger partial charge >= 0.3 is 0 Å².